The van der Waals surface area contributed by atoms with E-state index in [9.17, 15) is 14.7 Å². The van der Waals surface area contributed by atoms with Gasteiger partial charge in [0.15, 0.2) is 5.69 Å². The van der Waals surface area contributed by atoms with Gasteiger partial charge in [0, 0.05) is 5.39 Å². The predicted molar refractivity (Wildman–Crippen MR) is 108 cm³/mol. The highest BCUT2D eigenvalue weighted by Gasteiger charge is 2.18. The summed E-state index contributed by atoms with van der Waals surface area (Å²) in [5.74, 6) is -0.544. The van der Waals surface area contributed by atoms with Crippen LogP contribution in [0.5, 0.6) is 5.75 Å². The van der Waals surface area contributed by atoms with Gasteiger partial charge in [-0.15, -0.1) is 0 Å². The van der Waals surface area contributed by atoms with Gasteiger partial charge in [0.1, 0.15) is 5.75 Å². The Hall–Kier alpha value is -3.93. The van der Waals surface area contributed by atoms with Crippen molar-refractivity contribution in [1.82, 2.24) is 9.78 Å². The van der Waals surface area contributed by atoms with Gasteiger partial charge >= 0.3 is 0 Å². The van der Waals surface area contributed by atoms with Crippen LogP contribution in [-0.2, 0) is 6.54 Å². The number of rotatable bonds is 4. The third-order valence-corrected chi connectivity index (χ3v) is 4.41. The third kappa shape index (κ3) is 3.35. The molecule has 28 heavy (non-hydrogen) atoms. The summed E-state index contributed by atoms with van der Waals surface area (Å²) in [6.07, 6.45) is 0. The summed E-state index contributed by atoms with van der Waals surface area (Å²) >= 11 is 0. The Bertz CT molecular complexity index is 1220. The number of phenolic OH excluding ortho intramolecular Hbond substituents is 1. The molecule has 4 aromatic rings. The molecule has 4 rings (SSSR count). The van der Waals surface area contributed by atoms with Crippen LogP contribution in [0, 0.1) is 0 Å². The molecule has 0 saturated heterocycles. The van der Waals surface area contributed by atoms with Gasteiger partial charge in [0.2, 0.25) is 0 Å². The molecule has 1 aromatic heterocycles. The lowest BCUT2D eigenvalue weighted by Gasteiger charge is -2.12. The van der Waals surface area contributed by atoms with Crippen molar-refractivity contribution in [3.63, 3.8) is 0 Å². The number of hydrogen-bond acceptors (Lipinski definition) is 4. The number of fused-ring (bicyclic) bond motifs is 1. The minimum atomic E-state index is -0.500. The van der Waals surface area contributed by atoms with Gasteiger partial charge in [-0.3, -0.25) is 9.59 Å². The summed E-state index contributed by atoms with van der Waals surface area (Å²) in [5, 5.41) is 17.8. The van der Waals surface area contributed by atoms with E-state index in [1.807, 2.05) is 30.3 Å². The van der Waals surface area contributed by atoms with Crippen molar-refractivity contribution in [1.29, 1.82) is 0 Å². The van der Waals surface area contributed by atoms with Crippen LogP contribution in [0.15, 0.2) is 83.7 Å². The van der Waals surface area contributed by atoms with E-state index in [4.69, 9.17) is 0 Å². The molecular weight excluding hydrogens is 354 g/mol. The quantitative estimate of drug-likeness (QED) is 0.539. The molecule has 2 N–H and O–H groups in total. The summed E-state index contributed by atoms with van der Waals surface area (Å²) < 4.78 is 1.29. The second-order valence-electron chi connectivity index (χ2n) is 6.31. The number of nitrogens with zero attached hydrogens (tertiary/aromatic N) is 2. The van der Waals surface area contributed by atoms with Gasteiger partial charge in [-0.25, -0.2) is 4.68 Å². The minimum Gasteiger partial charge on any atom is -0.506 e. The predicted octanol–water partition coefficient (Wildman–Crippen LogP) is 3.40. The molecular formula is C22H17N3O3. The van der Waals surface area contributed by atoms with E-state index in [2.05, 4.69) is 10.4 Å². The van der Waals surface area contributed by atoms with Crippen LogP contribution >= 0.6 is 0 Å². The highest BCUT2D eigenvalue weighted by atomic mass is 16.3. The number of anilines is 1. The summed E-state index contributed by atoms with van der Waals surface area (Å²) in [6, 6.07) is 22.8. The standard InChI is InChI=1S/C22H17N3O3/c26-19-13-7-6-12-18(19)23-21(27)20-16-10-4-5-11-17(16)22(28)25(24-20)14-15-8-2-1-3-9-15/h1-13,26H,14H2,(H,23,27). The first-order valence-corrected chi connectivity index (χ1v) is 8.76. The number of carbonyl (C=O) groups excluding carboxylic acids is 1. The van der Waals surface area contributed by atoms with Crippen molar-refractivity contribution < 1.29 is 9.90 Å². The van der Waals surface area contributed by atoms with E-state index < -0.39 is 5.91 Å². The second kappa shape index (κ2) is 7.36. The maximum Gasteiger partial charge on any atom is 0.276 e. The van der Waals surface area contributed by atoms with E-state index in [1.165, 1.54) is 10.7 Å². The zero-order valence-corrected chi connectivity index (χ0v) is 14.9. The number of amides is 1. The Morgan fingerprint density at radius 1 is 0.893 bits per heavy atom. The number of nitrogens with one attached hydrogen (secondary N) is 1. The normalized spacial score (nSPS) is 10.7. The van der Waals surface area contributed by atoms with Crippen LogP contribution in [0.3, 0.4) is 0 Å². The fraction of sp³-hybridized carbons (Fsp3) is 0.0455. The Morgan fingerprint density at radius 2 is 1.54 bits per heavy atom. The van der Waals surface area contributed by atoms with Crippen LogP contribution in [-0.4, -0.2) is 20.8 Å². The fourth-order valence-corrected chi connectivity index (χ4v) is 3.03. The average molecular weight is 371 g/mol. The van der Waals surface area contributed by atoms with Crippen LogP contribution in [0.25, 0.3) is 10.8 Å². The minimum absolute atomic E-state index is 0.0437. The molecule has 0 spiro atoms. The molecule has 3 aromatic carbocycles. The molecule has 0 saturated carbocycles. The van der Waals surface area contributed by atoms with Gasteiger partial charge in [-0.1, -0.05) is 60.7 Å². The highest BCUT2D eigenvalue weighted by molar-refractivity contribution is 6.11. The van der Waals surface area contributed by atoms with E-state index in [1.54, 1.807) is 42.5 Å². The lowest BCUT2D eigenvalue weighted by molar-refractivity contribution is 0.102. The molecule has 6 nitrogen and oxygen atoms in total. The Kier molecular flexibility index (Phi) is 4.60. The van der Waals surface area contributed by atoms with E-state index in [0.717, 1.165) is 5.56 Å². The van der Waals surface area contributed by atoms with Crippen molar-refractivity contribution in [2.45, 2.75) is 6.54 Å². The number of aromatic nitrogens is 2. The smallest absolute Gasteiger partial charge is 0.276 e. The Balaban J connectivity index is 1.81. The monoisotopic (exact) mass is 371 g/mol. The number of hydrogen-bond donors (Lipinski definition) is 2. The summed E-state index contributed by atoms with van der Waals surface area (Å²) in [5.41, 5.74) is 1.03. The molecule has 0 unspecified atom stereocenters. The molecule has 0 aliphatic rings. The SMILES string of the molecule is O=C(Nc1ccccc1O)c1nn(Cc2ccccc2)c(=O)c2ccccc12. The van der Waals surface area contributed by atoms with E-state index >= 15 is 0 Å². The topological polar surface area (TPSA) is 84.2 Å². The largest absolute Gasteiger partial charge is 0.506 e. The number of para-hydroxylation sites is 2. The first-order chi connectivity index (χ1) is 13.6. The van der Waals surface area contributed by atoms with Gasteiger partial charge in [-0.2, -0.15) is 5.10 Å². The molecule has 1 amide bonds. The number of benzene rings is 3. The number of aromatic hydroxyl groups is 1. The van der Waals surface area contributed by atoms with E-state index in [0.29, 0.717) is 10.8 Å². The van der Waals surface area contributed by atoms with Gasteiger partial charge in [-0.05, 0) is 23.8 Å². The Labute approximate surface area is 160 Å². The summed E-state index contributed by atoms with van der Waals surface area (Å²) in [6.45, 7) is 0.251. The molecule has 138 valence electrons. The number of phenols is 1. The van der Waals surface area contributed by atoms with Crippen LogP contribution in [0.2, 0.25) is 0 Å². The summed E-state index contributed by atoms with van der Waals surface area (Å²) in [4.78, 5) is 25.7. The van der Waals surface area contributed by atoms with Crippen LogP contribution < -0.4 is 10.9 Å². The van der Waals surface area contributed by atoms with Crippen LogP contribution in [0.1, 0.15) is 16.1 Å². The van der Waals surface area contributed by atoms with Crippen molar-refractivity contribution in [3.05, 3.63) is 100 Å². The maximum absolute atomic E-state index is 12.9. The molecule has 1 heterocycles. The van der Waals surface area contributed by atoms with Crippen molar-refractivity contribution in [3.8, 4) is 5.75 Å². The lowest BCUT2D eigenvalue weighted by atomic mass is 10.1. The van der Waals surface area contributed by atoms with Gasteiger partial charge < -0.3 is 10.4 Å². The first-order valence-electron chi connectivity index (χ1n) is 8.76. The third-order valence-electron chi connectivity index (χ3n) is 4.41. The second-order valence-corrected chi connectivity index (χ2v) is 6.31. The molecule has 6 heteroatoms. The fourth-order valence-electron chi connectivity index (χ4n) is 3.03. The highest BCUT2D eigenvalue weighted by Crippen LogP contribution is 2.23. The van der Waals surface area contributed by atoms with Crippen LogP contribution in [0.4, 0.5) is 5.69 Å². The molecule has 0 fully saturated rings. The van der Waals surface area contributed by atoms with Gasteiger partial charge in [0.25, 0.3) is 11.5 Å². The zero-order chi connectivity index (χ0) is 19.5. The van der Waals surface area contributed by atoms with Crippen molar-refractivity contribution in [2.24, 2.45) is 0 Å². The first kappa shape index (κ1) is 17.5. The maximum atomic E-state index is 12.9. The van der Waals surface area contributed by atoms with E-state index in [-0.39, 0.29) is 29.2 Å². The molecule has 0 aliphatic carbocycles. The average Bonchev–Trinajstić information content (AvgIpc) is 2.72. The van der Waals surface area contributed by atoms with Crippen molar-refractivity contribution in [2.75, 3.05) is 5.32 Å². The molecule has 0 radical (unpaired) electrons. The lowest BCUT2D eigenvalue weighted by Crippen LogP contribution is -2.28. The summed E-state index contributed by atoms with van der Waals surface area (Å²) in [7, 11) is 0. The molecule has 0 bridgehead atoms. The number of carbonyl (C=O) groups is 1. The Morgan fingerprint density at radius 3 is 2.29 bits per heavy atom. The van der Waals surface area contributed by atoms with Crippen molar-refractivity contribution >= 4 is 22.4 Å². The molecule has 0 aliphatic heterocycles. The van der Waals surface area contributed by atoms with Gasteiger partial charge in [0.05, 0.1) is 17.6 Å². The zero-order valence-electron chi connectivity index (χ0n) is 14.9. The molecule has 0 atom stereocenters.